The molecular weight excluding hydrogens is 202 g/mol. The van der Waals surface area contributed by atoms with E-state index in [1.165, 1.54) is 5.69 Å². The van der Waals surface area contributed by atoms with Gasteiger partial charge in [0.25, 0.3) is 0 Å². The quantitative estimate of drug-likeness (QED) is 0.660. The van der Waals surface area contributed by atoms with Gasteiger partial charge in [0.2, 0.25) is 0 Å². The molecule has 0 fully saturated rings. The van der Waals surface area contributed by atoms with Crippen LogP contribution in [0.2, 0.25) is 0 Å². The average molecular weight is 225 g/mol. The highest BCUT2D eigenvalue weighted by Gasteiger charge is 2.02. The number of aryl methyl sites for hydroxylation is 1. The molecule has 0 aromatic carbocycles. The lowest BCUT2D eigenvalue weighted by atomic mass is 10.2. The maximum Gasteiger partial charge on any atom is 0.0948 e. The highest BCUT2D eigenvalue weighted by Crippen LogP contribution is 2.01. The summed E-state index contributed by atoms with van der Waals surface area (Å²) < 4.78 is 2.17. The lowest BCUT2D eigenvalue weighted by Crippen LogP contribution is -2.21. The Hall–Kier alpha value is -0.870. The first kappa shape index (κ1) is 13.2. The molecule has 92 valence electrons. The van der Waals surface area contributed by atoms with Crippen molar-refractivity contribution in [2.75, 3.05) is 6.54 Å². The van der Waals surface area contributed by atoms with E-state index >= 15 is 0 Å². The molecular formula is C12H23N3O. The second-order valence-corrected chi connectivity index (χ2v) is 4.11. The van der Waals surface area contributed by atoms with Crippen molar-refractivity contribution in [3.63, 3.8) is 0 Å². The Morgan fingerprint density at radius 1 is 1.50 bits per heavy atom. The second kappa shape index (κ2) is 7.41. The molecule has 1 aromatic rings. The molecule has 4 nitrogen and oxygen atoms in total. The maximum absolute atomic E-state index is 9.40. The maximum atomic E-state index is 9.40. The number of nitrogens with zero attached hydrogens (tertiary/aromatic N) is 2. The zero-order chi connectivity index (χ0) is 11.8. The zero-order valence-corrected chi connectivity index (χ0v) is 10.3. The topological polar surface area (TPSA) is 50.1 Å². The van der Waals surface area contributed by atoms with Crippen LogP contribution < -0.4 is 5.32 Å². The lowest BCUT2D eigenvalue weighted by Gasteiger charge is -2.10. The third kappa shape index (κ3) is 4.33. The largest absolute Gasteiger partial charge is 0.393 e. The van der Waals surface area contributed by atoms with E-state index in [1.807, 2.05) is 19.4 Å². The van der Waals surface area contributed by atoms with Crippen molar-refractivity contribution in [2.45, 2.75) is 52.3 Å². The van der Waals surface area contributed by atoms with Gasteiger partial charge in [-0.1, -0.05) is 13.8 Å². The number of hydrogen-bond donors (Lipinski definition) is 2. The molecule has 0 saturated heterocycles. The van der Waals surface area contributed by atoms with Crippen molar-refractivity contribution in [1.29, 1.82) is 0 Å². The summed E-state index contributed by atoms with van der Waals surface area (Å²) in [6, 6.07) is 0. The van der Waals surface area contributed by atoms with E-state index in [0.29, 0.717) is 0 Å². The smallest absolute Gasteiger partial charge is 0.0948 e. The van der Waals surface area contributed by atoms with Gasteiger partial charge in [0.15, 0.2) is 0 Å². The van der Waals surface area contributed by atoms with Crippen LogP contribution in [0.25, 0.3) is 0 Å². The summed E-state index contributed by atoms with van der Waals surface area (Å²) in [7, 11) is 0. The van der Waals surface area contributed by atoms with E-state index in [0.717, 1.165) is 38.9 Å². The fourth-order valence-corrected chi connectivity index (χ4v) is 1.63. The van der Waals surface area contributed by atoms with Crippen LogP contribution in [0.15, 0.2) is 12.5 Å². The van der Waals surface area contributed by atoms with Crippen LogP contribution in [-0.4, -0.2) is 27.3 Å². The average Bonchev–Trinajstić information content (AvgIpc) is 2.72. The van der Waals surface area contributed by atoms with Crippen molar-refractivity contribution < 1.29 is 5.11 Å². The monoisotopic (exact) mass is 225 g/mol. The SMILES string of the molecule is CCCn1cncc1CNCCC(O)CC. The zero-order valence-electron chi connectivity index (χ0n) is 10.3. The van der Waals surface area contributed by atoms with Gasteiger partial charge in [0.1, 0.15) is 0 Å². The second-order valence-electron chi connectivity index (χ2n) is 4.11. The first-order chi connectivity index (χ1) is 7.77. The van der Waals surface area contributed by atoms with Gasteiger partial charge in [-0.2, -0.15) is 0 Å². The van der Waals surface area contributed by atoms with Gasteiger partial charge in [0, 0.05) is 19.3 Å². The fraction of sp³-hybridized carbons (Fsp3) is 0.750. The number of hydrogen-bond acceptors (Lipinski definition) is 3. The van der Waals surface area contributed by atoms with E-state index in [4.69, 9.17) is 0 Å². The van der Waals surface area contributed by atoms with E-state index in [9.17, 15) is 5.11 Å². The number of aromatic nitrogens is 2. The number of aliphatic hydroxyl groups excluding tert-OH is 1. The summed E-state index contributed by atoms with van der Waals surface area (Å²) in [5, 5.41) is 12.7. The molecule has 1 rings (SSSR count). The minimum atomic E-state index is -0.173. The molecule has 0 aliphatic rings. The molecule has 1 aromatic heterocycles. The Morgan fingerprint density at radius 3 is 3.00 bits per heavy atom. The van der Waals surface area contributed by atoms with Gasteiger partial charge in [-0.25, -0.2) is 4.98 Å². The molecule has 4 heteroatoms. The van der Waals surface area contributed by atoms with Gasteiger partial charge in [-0.05, 0) is 25.8 Å². The van der Waals surface area contributed by atoms with Crippen molar-refractivity contribution in [2.24, 2.45) is 0 Å². The molecule has 0 spiro atoms. The molecule has 16 heavy (non-hydrogen) atoms. The molecule has 2 N–H and O–H groups in total. The van der Waals surface area contributed by atoms with Crippen LogP contribution in [-0.2, 0) is 13.1 Å². The first-order valence-electron chi connectivity index (χ1n) is 6.15. The summed E-state index contributed by atoms with van der Waals surface area (Å²) >= 11 is 0. The Morgan fingerprint density at radius 2 is 2.31 bits per heavy atom. The number of imidazole rings is 1. The molecule has 1 unspecified atom stereocenters. The van der Waals surface area contributed by atoms with Crippen molar-refractivity contribution in [3.8, 4) is 0 Å². The van der Waals surface area contributed by atoms with E-state index in [-0.39, 0.29) is 6.10 Å². The van der Waals surface area contributed by atoms with Gasteiger partial charge in [-0.15, -0.1) is 0 Å². The van der Waals surface area contributed by atoms with Crippen molar-refractivity contribution in [3.05, 3.63) is 18.2 Å². The highest BCUT2D eigenvalue weighted by molar-refractivity contribution is 4.97. The summed E-state index contributed by atoms with van der Waals surface area (Å²) in [6.07, 6.45) is 6.37. The molecule has 1 atom stereocenters. The lowest BCUT2D eigenvalue weighted by molar-refractivity contribution is 0.159. The van der Waals surface area contributed by atoms with Crippen molar-refractivity contribution >= 4 is 0 Å². The fourth-order valence-electron chi connectivity index (χ4n) is 1.63. The predicted molar refractivity (Wildman–Crippen MR) is 65.1 cm³/mol. The van der Waals surface area contributed by atoms with Gasteiger partial charge >= 0.3 is 0 Å². The Balaban J connectivity index is 2.23. The summed E-state index contributed by atoms with van der Waals surface area (Å²) in [4.78, 5) is 4.14. The molecule has 0 amide bonds. The summed E-state index contributed by atoms with van der Waals surface area (Å²) in [6.45, 7) is 6.87. The van der Waals surface area contributed by atoms with E-state index < -0.39 is 0 Å². The van der Waals surface area contributed by atoms with Gasteiger partial charge < -0.3 is 15.0 Å². The Kier molecular flexibility index (Phi) is 6.11. The molecule has 0 radical (unpaired) electrons. The predicted octanol–water partition coefficient (Wildman–Crippen LogP) is 1.54. The molecule has 0 aliphatic carbocycles. The number of rotatable bonds is 8. The third-order valence-corrected chi connectivity index (χ3v) is 2.69. The highest BCUT2D eigenvalue weighted by atomic mass is 16.3. The first-order valence-corrected chi connectivity index (χ1v) is 6.15. The van der Waals surface area contributed by atoms with Crippen LogP contribution in [0, 0.1) is 0 Å². The number of aliphatic hydroxyl groups is 1. The van der Waals surface area contributed by atoms with Crippen molar-refractivity contribution in [1.82, 2.24) is 14.9 Å². The molecule has 0 saturated carbocycles. The van der Waals surface area contributed by atoms with Crippen LogP contribution in [0.3, 0.4) is 0 Å². The van der Waals surface area contributed by atoms with Gasteiger partial charge in [0.05, 0.1) is 18.1 Å². The molecule has 0 bridgehead atoms. The minimum Gasteiger partial charge on any atom is -0.393 e. The van der Waals surface area contributed by atoms with Crippen LogP contribution >= 0.6 is 0 Å². The summed E-state index contributed by atoms with van der Waals surface area (Å²) in [5.74, 6) is 0. The third-order valence-electron chi connectivity index (χ3n) is 2.69. The standard InChI is InChI=1S/C12H23N3O/c1-3-7-15-10-14-9-11(15)8-13-6-5-12(16)4-2/h9-10,12-13,16H,3-8H2,1-2H3. The molecule has 1 heterocycles. The normalized spacial score (nSPS) is 12.9. The van der Waals surface area contributed by atoms with E-state index in [1.54, 1.807) is 0 Å². The Bertz CT molecular complexity index is 286. The van der Waals surface area contributed by atoms with E-state index in [2.05, 4.69) is 21.8 Å². The summed E-state index contributed by atoms with van der Waals surface area (Å²) in [5.41, 5.74) is 1.22. The van der Waals surface area contributed by atoms with Crippen LogP contribution in [0.4, 0.5) is 0 Å². The molecule has 0 aliphatic heterocycles. The number of nitrogens with one attached hydrogen (secondary N) is 1. The minimum absolute atomic E-state index is 0.173. The Labute approximate surface area is 97.7 Å². The van der Waals surface area contributed by atoms with Gasteiger partial charge in [-0.3, -0.25) is 0 Å². The van der Waals surface area contributed by atoms with Crippen LogP contribution in [0.1, 0.15) is 38.8 Å². The van der Waals surface area contributed by atoms with Crippen LogP contribution in [0.5, 0.6) is 0 Å².